The van der Waals surface area contributed by atoms with Gasteiger partial charge in [0, 0.05) is 11.3 Å². The number of amides is 2. The lowest BCUT2D eigenvalue weighted by molar-refractivity contribution is -0.227. The number of carbonyl (C=O) groups is 2. The molecule has 0 radical (unpaired) electrons. The highest BCUT2D eigenvalue weighted by molar-refractivity contribution is 6.02. The second-order valence-corrected chi connectivity index (χ2v) is 10.4. The van der Waals surface area contributed by atoms with E-state index in [1.165, 1.54) is 27.7 Å². The van der Waals surface area contributed by atoms with Crippen LogP contribution in [0.25, 0.3) is 0 Å². The fourth-order valence-electron chi connectivity index (χ4n) is 4.59. The second-order valence-electron chi connectivity index (χ2n) is 10.4. The van der Waals surface area contributed by atoms with E-state index in [1.54, 1.807) is 0 Å². The van der Waals surface area contributed by atoms with E-state index < -0.39 is 78.0 Å². The van der Waals surface area contributed by atoms with Gasteiger partial charge in [-0.25, -0.2) is 33.3 Å². The quantitative estimate of drug-likeness (QED) is 0.488. The summed E-state index contributed by atoms with van der Waals surface area (Å²) in [5.41, 5.74) is -4.52. The fourth-order valence-corrected chi connectivity index (χ4v) is 4.59. The van der Waals surface area contributed by atoms with Gasteiger partial charge in [0.2, 0.25) is 6.10 Å². The average Bonchev–Trinajstić information content (AvgIpc) is 3.20. The normalized spacial score (nSPS) is 24.3. The van der Waals surface area contributed by atoms with Crippen molar-refractivity contribution in [1.82, 2.24) is 15.3 Å². The Morgan fingerprint density at radius 2 is 1.83 bits per heavy atom. The molecule has 4 rings (SSSR count). The molecule has 1 saturated heterocycles. The van der Waals surface area contributed by atoms with Gasteiger partial charge in [0.1, 0.15) is 28.3 Å². The van der Waals surface area contributed by atoms with Crippen molar-refractivity contribution in [3.8, 4) is 0 Å². The van der Waals surface area contributed by atoms with Crippen LogP contribution in [0.1, 0.15) is 55.9 Å². The third-order valence-corrected chi connectivity index (χ3v) is 6.24. The molecule has 0 saturated carbocycles. The third-order valence-electron chi connectivity index (χ3n) is 6.24. The number of anilines is 1. The largest absolute Gasteiger partial charge is 0.451 e. The van der Waals surface area contributed by atoms with Gasteiger partial charge >= 0.3 is 12.3 Å². The lowest BCUT2D eigenvalue weighted by Gasteiger charge is -2.41. The lowest BCUT2D eigenvalue weighted by Crippen LogP contribution is -2.57. The molecule has 0 bridgehead atoms. The second kappa shape index (κ2) is 10.8. The van der Waals surface area contributed by atoms with Crippen LogP contribution in [0.2, 0.25) is 0 Å². The molecule has 1 aromatic carbocycles. The number of carbonyl (C=O) groups excluding carboxylic acids is 2. The number of aromatic nitrogens is 2. The number of rotatable bonds is 4. The van der Waals surface area contributed by atoms with E-state index >= 15 is 4.39 Å². The van der Waals surface area contributed by atoms with E-state index in [0.29, 0.717) is 6.20 Å². The van der Waals surface area contributed by atoms with Crippen molar-refractivity contribution in [2.24, 2.45) is 10.9 Å². The highest BCUT2D eigenvalue weighted by Crippen LogP contribution is 2.52. The zero-order valence-electron chi connectivity index (χ0n) is 22.1. The molecular weight excluding hydrogens is 564 g/mol. The predicted octanol–water partition coefficient (Wildman–Crippen LogP) is 4.88. The summed E-state index contributed by atoms with van der Waals surface area (Å²) >= 11 is 0. The molecule has 2 amide bonds. The van der Waals surface area contributed by atoms with Crippen LogP contribution >= 0.6 is 0 Å². The molecule has 41 heavy (non-hydrogen) atoms. The van der Waals surface area contributed by atoms with E-state index in [9.17, 15) is 31.5 Å². The van der Waals surface area contributed by atoms with Crippen molar-refractivity contribution >= 4 is 23.7 Å². The molecule has 222 valence electrons. The first kappa shape index (κ1) is 30.0. The third kappa shape index (κ3) is 6.36. The van der Waals surface area contributed by atoms with Gasteiger partial charge in [-0.3, -0.25) is 9.78 Å². The molecule has 2 N–H and O–H groups in total. The molecule has 16 heteroatoms. The topological polar surface area (TPSA) is 124 Å². The Bertz CT molecular complexity index is 1350. The summed E-state index contributed by atoms with van der Waals surface area (Å²) < 4.78 is 99.3. The summed E-state index contributed by atoms with van der Waals surface area (Å²) in [6, 6.07) is 2.24. The van der Waals surface area contributed by atoms with E-state index in [1.807, 2.05) is 5.32 Å². The highest BCUT2D eigenvalue weighted by atomic mass is 19.4. The standard InChI is InChI=1S/C25H25F6N5O5/c1-11-17-18(25(29,30)31)40-21(35-22(38)41-23(2,3)4)36-24(17,10-39-11)13-7-12(5-6-14(13)26)34-20(37)16-9-32-15(8-33-16)19(27)28/h5-9,11,17-19H,10H2,1-4H3,(H,34,37)(H,35,36,38)/t11-,17+,18?,24-/m1/s1. The van der Waals surface area contributed by atoms with Crippen molar-refractivity contribution in [3.05, 3.63) is 53.4 Å². The number of fused-ring (bicyclic) bond motifs is 1. The molecule has 1 aromatic heterocycles. The summed E-state index contributed by atoms with van der Waals surface area (Å²) in [5.74, 6) is -3.48. The van der Waals surface area contributed by atoms with Gasteiger partial charge in [0.15, 0.2) is 0 Å². The molecular formula is C25H25F6N5O5. The summed E-state index contributed by atoms with van der Waals surface area (Å²) in [7, 11) is 0. The van der Waals surface area contributed by atoms with Crippen LogP contribution in [0.5, 0.6) is 0 Å². The van der Waals surface area contributed by atoms with Crippen molar-refractivity contribution in [2.75, 3.05) is 11.9 Å². The summed E-state index contributed by atoms with van der Waals surface area (Å²) in [6.07, 6.45) is -11.2. The monoisotopic (exact) mass is 589 g/mol. The minimum absolute atomic E-state index is 0.0780. The molecule has 2 aromatic rings. The molecule has 3 heterocycles. The summed E-state index contributed by atoms with van der Waals surface area (Å²) in [5, 5.41) is 4.43. The van der Waals surface area contributed by atoms with Crippen molar-refractivity contribution < 1.29 is 50.1 Å². The Morgan fingerprint density at radius 3 is 2.41 bits per heavy atom. The van der Waals surface area contributed by atoms with Crippen LogP contribution in [0.3, 0.4) is 0 Å². The Labute approximate surface area is 229 Å². The van der Waals surface area contributed by atoms with Crippen molar-refractivity contribution in [1.29, 1.82) is 0 Å². The molecule has 0 spiro atoms. The minimum atomic E-state index is -4.99. The smallest absolute Gasteiger partial charge is 0.426 e. The molecule has 1 unspecified atom stereocenters. The van der Waals surface area contributed by atoms with Crippen LogP contribution in [-0.4, -0.2) is 58.6 Å². The predicted molar refractivity (Wildman–Crippen MR) is 130 cm³/mol. The van der Waals surface area contributed by atoms with Gasteiger partial charge in [-0.15, -0.1) is 0 Å². The van der Waals surface area contributed by atoms with E-state index in [0.717, 1.165) is 24.4 Å². The van der Waals surface area contributed by atoms with Crippen molar-refractivity contribution in [2.45, 2.75) is 63.6 Å². The van der Waals surface area contributed by atoms with Gasteiger partial charge in [-0.1, -0.05) is 0 Å². The average molecular weight is 589 g/mol. The molecule has 2 aliphatic rings. The SMILES string of the molecule is C[C@H]1OC[C@]2(c3cc(NC(=O)c4cnc(C(F)F)cn4)ccc3F)N=C(NC(=O)OC(C)(C)C)OC(C(F)(F)F)[C@H]12. The zero-order chi connectivity index (χ0) is 30.3. The number of amidine groups is 1. The van der Waals surface area contributed by atoms with E-state index in [4.69, 9.17) is 14.2 Å². The molecule has 0 aliphatic carbocycles. The molecule has 2 aliphatic heterocycles. The Morgan fingerprint density at radius 1 is 1.12 bits per heavy atom. The van der Waals surface area contributed by atoms with Gasteiger partial charge in [0.25, 0.3) is 18.4 Å². The number of benzene rings is 1. The Hall–Kier alpha value is -3.95. The summed E-state index contributed by atoms with van der Waals surface area (Å²) in [4.78, 5) is 36.3. The fraction of sp³-hybridized carbons (Fsp3) is 0.480. The van der Waals surface area contributed by atoms with Crippen LogP contribution in [-0.2, 0) is 19.7 Å². The van der Waals surface area contributed by atoms with Crippen LogP contribution < -0.4 is 10.6 Å². The minimum Gasteiger partial charge on any atom is -0.451 e. The number of nitrogens with zero attached hydrogens (tertiary/aromatic N) is 3. The van der Waals surface area contributed by atoms with E-state index in [-0.39, 0.29) is 16.9 Å². The number of nitrogens with one attached hydrogen (secondary N) is 2. The Balaban J connectivity index is 1.74. The van der Waals surface area contributed by atoms with Crippen LogP contribution in [0, 0.1) is 11.7 Å². The zero-order valence-corrected chi connectivity index (χ0v) is 22.1. The maximum absolute atomic E-state index is 15.4. The van der Waals surface area contributed by atoms with E-state index in [2.05, 4.69) is 20.3 Å². The van der Waals surface area contributed by atoms with Gasteiger partial charge in [-0.05, 0) is 45.9 Å². The number of aliphatic imine (C=N–C) groups is 1. The number of hydrogen-bond acceptors (Lipinski definition) is 8. The summed E-state index contributed by atoms with van der Waals surface area (Å²) in [6.45, 7) is 5.43. The molecule has 1 fully saturated rings. The van der Waals surface area contributed by atoms with Gasteiger partial charge in [-0.2, -0.15) is 13.2 Å². The number of ether oxygens (including phenoxy) is 3. The van der Waals surface area contributed by atoms with Crippen LogP contribution in [0.4, 0.5) is 36.8 Å². The van der Waals surface area contributed by atoms with Crippen molar-refractivity contribution in [3.63, 3.8) is 0 Å². The Kier molecular flexibility index (Phi) is 7.90. The maximum atomic E-state index is 15.4. The number of hydrogen-bond donors (Lipinski definition) is 2. The number of alkyl carbamates (subject to hydrolysis) is 1. The first-order valence-electron chi connectivity index (χ1n) is 12.2. The first-order valence-corrected chi connectivity index (χ1v) is 12.2. The van der Waals surface area contributed by atoms with Gasteiger partial charge in [0.05, 0.1) is 31.0 Å². The highest BCUT2D eigenvalue weighted by Gasteiger charge is 2.64. The first-order chi connectivity index (χ1) is 19.0. The maximum Gasteiger partial charge on any atom is 0.426 e. The van der Waals surface area contributed by atoms with Crippen LogP contribution in [0.15, 0.2) is 35.6 Å². The number of alkyl halides is 5. The molecule has 4 atom stereocenters. The number of halogens is 6. The molecule has 10 nitrogen and oxygen atoms in total. The van der Waals surface area contributed by atoms with Gasteiger partial charge < -0.3 is 19.5 Å². The lowest BCUT2D eigenvalue weighted by atomic mass is 9.74.